The SMILES string of the molecule is COc1cc(/C=C/CO[Si](C)(C)C(C)(C)C)ccc1O. The largest absolute Gasteiger partial charge is 0.504 e. The van der Waals surface area contributed by atoms with Crippen LogP contribution in [0.5, 0.6) is 11.5 Å². The minimum Gasteiger partial charge on any atom is -0.504 e. The van der Waals surface area contributed by atoms with Gasteiger partial charge in [-0.25, -0.2) is 0 Å². The minimum atomic E-state index is -1.69. The summed E-state index contributed by atoms with van der Waals surface area (Å²) in [6.07, 6.45) is 3.99. The Hall–Kier alpha value is -1.26. The molecule has 0 aromatic heterocycles. The molecule has 0 heterocycles. The molecule has 112 valence electrons. The molecule has 0 aliphatic heterocycles. The van der Waals surface area contributed by atoms with Crippen LogP contribution in [0.15, 0.2) is 24.3 Å². The number of hydrogen-bond acceptors (Lipinski definition) is 3. The number of rotatable bonds is 5. The lowest BCUT2D eigenvalue weighted by atomic mass is 10.2. The number of methoxy groups -OCH3 is 1. The van der Waals surface area contributed by atoms with Crippen LogP contribution in [0, 0.1) is 0 Å². The number of aromatic hydroxyl groups is 1. The molecule has 0 spiro atoms. The zero-order valence-electron chi connectivity index (χ0n) is 13.4. The maximum atomic E-state index is 9.53. The highest BCUT2D eigenvalue weighted by Gasteiger charge is 2.36. The van der Waals surface area contributed by atoms with E-state index in [1.807, 2.05) is 18.2 Å². The molecule has 0 radical (unpaired) electrons. The predicted octanol–water partition coefficient (Wildman–Crippen LogP) is 4.44. The fourth-order valence-electron chi connectivity index (χ4n) is 1.46. The molecule has 3 nitrogen and oxygen atoms in total. The van der Waals surface area contributed by atoms with Gasteiger partial charge in [-0.05, 0) is 35.8 Å². The molecule has 1 N–H and O–H groups in total. The first-order valence-electron chi connectivity index (χ1n) is 6.85. The Labute approximate surface area is 123 Å². The van der Waals surface area contributed by atoms with Crippen molar-refractivity contribution in [2.24, 2.45) is 0 Å². The van der Waals surface area contributed by atoms with Crippen LogP contribution in [0.2, 0.25) is 18.1 Å². The predicted molar refractivity (Wildman–Crippen MR) is 86.8 cm³/mol. The van der Waals surface area contributed by atoms with Crippen LogP contribution in [0.1, 0.15) is 26.3 Å². The lowest BCUT2D eigenvalue weighted by Gasteiger charge is -2.35. The van der Waals surface area contributed by atoms with E-state index in [2.05, 4.69) is 33.9 Å². The highest BCUT2D eigenvalue weighted by molar-refractivity contribution is 6.74. The molecule has 0 unspecified atom stereocenters. The molecule has 1 aromatic carbocycles. The maximum Gasteiger partial charge on any atom is 0.192 e. The van der Waals surface area contributed by atoms with Crippen LogP contribution >= 0.6 is 0 Å². The fraction of sp³-hybridized carbons (Fsp3) is 0.500. The molecule has 1 rings (SSSR count). The summed E-state index contributed by atoms with van der Waals surface area (Å²) >= 11 is 0. The van der Waals surface area contributed by atoms with E-state index in [1.165, 1.54) is 0 Å². The Morgan fingerprint density at radius 1 is 1.25 bits per heavy atom. The summed E-state index contributed by atoms with van der Waals surface area (Å²) in [5.41, 5.74) is 0.985. The number of phenolic OH excluding ortho intramolecular Hbond substituents is 1. The van der Waals surface area contributed by atoms with E-state index in [-0.39, 0.29) is 10.8 Å². The van der Waals surface area contributed by atoms with Gasteiger partial charge in [0, 0.05) is 0 Å². The van der Waals surface area contributed by atoms with E-state index >= 15 is 0 Å². The fourth-order valence-corrected chi connectivity index (χ4v) is 2.40. The second-order valence-electron chi connectivity index (χ2n) is 6.40. The van der Waals surface area contributed by atoms with E-state index in [1.54, 1.807) is 19.2 Å². The van der Waals surface area contributed by atoms with E-state index in [0.29, 0.717) is 12.4 Å². The molecule has 0 atom stereocenters. The summed E-state index contributed by atoms with van der Waals surface area (Å²) in [6, 6.07) is 5.28. The third-order valence-corrected chi connectivity index (χ3v) is 8.36. The number of phenols is 1. The van der Waals surface area contributed by atoms with Gasteiger partial charge >= 0.3 is 0 Å². The van der Waals surface area contributed by atoms with Crippen molar-refractivity contribution >= 4 is 14.4 Å². The molecule has 4 heteroatoms. The van der Waals surface area contributed by atoms with Crippen LogP contribution < -0.4 is 4.74 Å². The summed E-state index contributed by atoms with van der Waals surface area (Å²) in [5.74, 6) is 0.639. The lowest BCUT2D eigenvalue weighted by Crippen LogP contribution is -2.40. The topological polar surface area (TPSA) is 38.7 Å². The van der Waals surface area contributed by atoms with Gasteiger partial charge in [-0.15, -0.1) is 0 Å². The first-order chi connectivity index (χ1) is 9.17. The molecule has 0 fully saturated rings. The summed E-state index contributed by atoms with van der Waals surface area (Å²) < 4.78 is 11.1. The Morgan fingerprint density at radius 3 is 2.45 bits per heavy atom. The quantitative estimate of drug-likeness (QED) is 0.816. The minimum absolute atomic E-state index is 0.155. The normalized spacial score (nSPS) is 12.9. The van der Waals surface area contributed by atoms with E-state index < -0.39 is 8.32 Å². The van der Waals surface area contributed by atoms with Crippen LogP contribution in [0.25, 0.3) is 6.08 Å². The average Bonchev–Trinajstić information content (AvgIpc) is 2.35. The maximum absolute atomic E-state index is 9.53. The van der Waals surface area contributed by atoms with Crippen molar-refractivity contribution in [3.63, 3.8) is 0 Å². The summed E-state index contributed by atoms with van der Waals surface area (Å²) in [6.45, 7) is 11.8. The first kappa shape index (κ1) is 16.8. The molecule has 0 bridgehead atoms. The van der Waals surface area contributed by atoms with Gasteiger partial charge in [0.2, 0.25) is 0 Å². The van der Waals surface area contributed by atoms with E-state index in [0.717, 1.165) is 5.56 Å². The van der Waals surface area contributed by atoms with Gasteiger partial charge in [-0.2, -0.15) is 0 Å². The Morgan fingerprint density at radius 2 is 1.90 bits per heavy atom. The van der Waals surface area contributed by atoms with Crippen molar-refractivity contribution in [2.75, 3.05) is 13.7 Å². The van der Waals surface area contributed by atoms with Crippen LogP contribution in [-0.4, -0.2) is 27.1 Å². The van der Waals surface area contributed by atoms with Gasteiger partial charge in [0.05, 0.1) is 13.7 Å². The standard InChI is InChI=1S/C16H26O3Si/c1-16(2,3)20(5,6)19-11-7-8-13-9-10-14(17)15(12-13)18-4/h7-10,12,17H,11H2,1-6H3/b8-7+. The van der Waals surface area contributed by atoms with Crippen LogP contribution in [0.4, 0.5) is 0 Å². The van der Waals surface area contributed by atoms with Gasteiger partial charge in [0.1, 0.15) is 0 Å². The Bertz CT molecular complexity index is 473. The van der Waals surface area contributed by atoms with Gasteiger partial charge in [0.25, 0.3) is 0 Å². The Balaban J connectivity index is 2.62. The van der Waals surface area contributed by atoms with E-state index in [9.17, 15) is 5.11 Å². The highest BCUT2D eigenvalue weighted by Crippen LogP contribution is 2.36. The number of hydrogen-bond donors (Lipinski definition) is 1. The summed E-state index contributed by atoms with van der Waals surface area (Å²) in [5, 5.41) is 9.76. The van der Waals surface area contributed by atoms with Gasteiger partial charge < -0.3 is 14.3 Å². The van der Waals surface area contributed by atoms with Gasteiger partial charge in [-0.3, -0.25) is 0 Å². The summed E-state index contributed by atoms with van der Waals surface area (Å²) in [4.78, 5) is 0. The molecule has 0 aliphatic rings. The molecular formula is C16H26O3Si. The van der Waals surface area contributed by atoms with Crippen LogP contribution in [0.3, 0.4) is 0 Å². The first-order valence-corrected chi connectivity index (χ1v) is 9.76. The summed E-state index contributed by atoms with van der Waals surface area (Å²) in [7, 11) is -0.141. The van der Waals surface area contributed by atoms with Crippen molar-refractivity contribution in [1.82, 2.24) is 0 Å². The molecule has 20 heavy (non-hydrogen) atoms. The number of ether oxygens (including phenoxy) is 1. The van der Waals surface area contributed by atoms with Crippen LogP contribution in [-0.2, 0) is 4.43 Å². The third-order valence-electron chi connectivity index (χ3n) is 3.86. The molecule has 0 saturated heterocycles. The van der Waals surface area contributed by atoms with E-state index in [4.69, 9.17) is 9.16 Å². The number of benzene rings is 1. The molecule has 1 aromatic rings. The second kappa shape index (κ2) is 6.46. The van der Waals surface area contributed by atoms with Gasteiger partial charge in [-0.1, -0.05) is 39.0 Å². The second-order valence-corrected chi connectivity index (χ2v) is 11.2. The average molecular weight is 294 g/mol. The molecule has 0 aliphatic carbocycles. The third kappa shape index (κ3) is 4.39. The molecular weight excluding hydrogens is 268 g/mol. The lowest BCUT2D eigenvalue weighted by molar-refractivity contribution is 0.328. The monoisotopic (exact) mass is 294 g/mol. The van der Waals surface area contributed by atoms with Crippen molar-refractivity contribution in [2.45, 2.75) is 38.9 Å². The molecule has 0 amide bonds. The van der Waals surface area contributed by atoms with Crippen molar-refractivity contribution < 1.29 is 14.3 Å². The van der Waals surface area contributed by atoms with Gasteiger partial charge in [0.15, 0.2) is 19.8 Å². The molecule has 0 saturated carbocycles. The highest BCUT2D eigenvalue weighted by atomic mass is 28.4. The Kier molecular flexibility index (Phi) is 5.42. The zero-order valence-corrected chi connectivity index (χ0v) is 14.4. The van der Waals surface area contributed by atoms with Crippen molar-refractivity contribution in [3.8, 4) is 11.5 Å². The van der Waals surface area contributed by atoms with Crippen molar-refractivity contribution in [1.29, 1.82) is 0 Å². The smallest absolute Gasteiger partial charge is 0.192 e. The zero-order chi connectivity index (χ0) is 15.4. The van der Waals surface area contributed by atoms with Crippen molar-refractivity contribution in [3.05, 3.63) is 29.8 Å².